The summed E-state index contributed by atoms with van der Waals surface area (Å²) in [6, 6.07) is 17.3. The highest BCUT2D eigenvalue weighted by Crippen LogP contribution is 2.25. The number of benzene rings is 2. The van der Waals surface area contributed by atoms with E-state index in [-0.39, 0.29) is 18.4 Å². The van der Waals surface area contributed by atoms with E-state index in [1.54, 1.807) is 17.0 Å². The van der Waals surface area contributed by atoms with E-state index in [0.717, 1.165) is 30.6 Å². The second-order valence-electron chi connectivity index (χ2n) is 6.68. The second kappa shape index (κ2) is 10.5. The Hall–Kier alpha value is -2.86. The van der Waals surface area contributed by atoms with E-state index in [1.165, 1.54) is 0 Å². The zero-order chi connectivity index (χ0) is 19.6. The molecule has 1 heterocycles. The van der Waals surface area contributed by atoms with Crippen LogP contribution in [0.4, 0.5) is 5.69 Å². The molecule has 6 heteroatoms. The van der Waals surface area contributed by atoms with E-state index in [4.69, 9.17) is 9.47 Å². The summed E-state index contributed by atoms with van der Waals surface area (Å²) in [7, 11) is 0. The minimum absolute atomic E-state index is 0.0533. The topological polar surface area (TPSA) is 67.9 Å². The van der Waals surface area contributed by atoms with Gasteiger partial charge in [-0.1, -0.05) is 36.4 Å². The highest BCUT2D eigenvalue weighted by Gasteiger charge is 2.21. The van der Waals surface area contributed by atoms with Gasteiger partial charge < -0.3 is 19.7 Å². The fraction of sp³-hybridized carbons (Fsp3) is 0.364. The standard InChI is InChI=1S/C22H26N2O4/c25-21(23-12-6-14-27-16-18-7-2-1-3-8-18)17-28-20-10-4-9-19(15-20)24-13-5-11-22(24)26/h1-4,7-10,15H,5-6,11-14,16-17H2,(H,23,25). The lowest BCUT2D eigenvalue weighted by molar-refractivity contribution is -0.123. The number of carbonyl (C=O) groups excluding carboxylic acids is 2. The van der Waals surface area contributed by atoms with Crippen LogP contribution >= 0.6 is 0 Å². The zero-order valence-electron chi connectivity index (χ0n) is 15.9. The molecule has 0 aromatic heterocycles. The third-order valence-electron chi connectivity index (χ3n) is 4.47. The molecule has 1 aliphatic heterocycles. The molecule has 6 nitrogen and oxygen atoms in total. The van der Waals surface area contributed by atoms with Gasteiger partial charge in [-0.2, -0.15) is 0 Å². The van der Waals surface area contributed by atoms with Gasteiger partial charge in [-0.15, -0.1) is 0 Å². The van der Waals surface area contributed by atoms with Crippen LogP contribution in [0, 0.1) is 0 Å². The van der Waals surface area contributed by atoms with Crippen molar-refractivity contribution in [2.75, 3.05) is 31.2 Å². The summed E-state index contributed by atoms with van der Waals surface area (Å²) in [5.41, 5.74) is 1.95. The molecule has 0 bridgehead atoms. The van der Waals surface area contributed by atoms with Gasteiger partial charge in [0, 0.05) is 37.9 Å². The van der Waals surface area contributed by atoms with Gasteiger partial charge in [0.15, 0.2) is 6.61 Å². The number of hydrogen-bond acceptors (Lipinski definition) is 4. The predicted octanol–water partition coefficient (Wildman–Crippen LogP) is 2.92. The average Bonchev–Trinajstić information content (AvgIpc) is 3.16. The Kier molecular flexibility index (Phi) is 7.44. The highest BCUT2D eigenvalue weighted by atomic mass is 16.5. The molecule has 1 saturated heterocycles. The van der Waals surface area contributed by atoms with E-state index < -0.39 is 0 Å². The van der Waals surface area contributed by atoms with Crippen molar-refractivity contribution in [1.82, 2.24) is 5.32 Å². The van der Waals surface area contributed by atoms with Crippen LogP contribution in [0.3, 0.4) is 0 Å². The first-order chi connectivity index (χ1) is 13.7. The molecule has 0 aliphatic carbocycles. The number of nitrogens with zero attached hydrogens (tertiary/aromatic N) is 1. The third-order valence-corrected chi connectivity index (χ3v) is 4.47. The van der Waals surface area contributed by atoms with Gasteiger partial charge in [-0.05, 0) is 30.5 Å². The Bertz CT molecular complexity index is 779. The fourth-order valence-electron chi connectivity index (χ4n) is 3.03. The smallest absolute Gasteiger partial charge is 0.257 e. The molecule has 148 valence electrons. The molecule has 28 heavy (non-hydrogen) atoms. The molecule has 0 radical (unpaired) electrons. The largest absolute Gasteiger partial charge is 0.484 e. The lowest BCUT2D eigenvalue weighted by Crippen LogP contribution is -2.30. The van der Waals surface area contributed by atoms with E-state index in [1.807, 2.05) is 42.5 Å². The van der Waals surface area contributed by atoms with Gasteiger partial charge in [-0.3, -0.25) is 9.59 Å². The molecular formula is C22H26N2O4. The van der Waals surface area contributed by atoms with Gasteiger partial charge in [-0.25, -0.2) is 0 Å². The van der Waals surface area contributed by atoms with Gasteiger partial charge in [0.05, 0.1) is 6.61 Å². The predicted molar refractivity (Wildman–Crippen MR) is 107 cm³/mol. The Morgan fingerprint density at radius 3 is 2.75 bits per heavy atom. The number of amides is 2. The summed E-state index contributed by atoms with van der Waals surface area (Å²) < 4.78 is 11.1. The van der Waals surface area contributed by atoms with E-state index >= 15 is 0 Å². The Morgan fingerprint density at radius 2 is 1.96 bits per heavy atom. The van der Waals surface area contributed by atoms with Gasteiger partial charge in [0.2, 0.25) is 5.91 Å². The van der Waals surface area contributed by atoms with E-state index in [0.29, 0.717) is 31.9 Å². The summed E-state index contributed by atoms with van der Waals surface area (Å²) in [5, 5.41) is 2.82. The Morgan fingerprint density at radius 1 is 1.11 bits per heavy atom. The summed E-state index contributed by atoms with van der Waals surface area (Å²) in [6.07, 6.45) is 2.20. The summed E-state index contributed by atoms with van der Waals surface area (Å²) in [6.45, 7) is 2.38. The third kappa shape index (κ3) is 6.09. The van der Waals surface area contributed by atoms with Crippen molar-refractivity contribution in [3.8, 4) is 5.75 Å². The molecule has 2 aromatic carbocycles. The van der Waals surface area contributed by atoms with Gasteiger partial charge in [0.1, 0.15) is 5.75 Å². The van der Waals surface area contributed by atoms with Crippen LogP contribution in [0.1, 0.15) is 24.8 Å². The van der Waals surface area contributed by atoms with Gasteiger partial charge >= 0.3 is 0 Å². The molecule has 2 aromatic rings. The fourth-order valence-corrected chi connectivity index (χ4v) is 3.03. The number of hydrogen-bond donors (Lipinski definition) is 1. The normalized spacial score (nSPS) is 13.6. The van der Waals surface area contributed by atoms with Crippen molar-refractivity contribution >= 4 is 17.5 Å². The maximum atomic E-state index is 11.9. The maximum Gasteiger partial charge on any atom is 0.257 e. The zero-order valence-corrected chi connectivity index (χ0v) is 15.9. The summed E-state index contributed by atoms with van der Waals surface area (Å²) in [4.78, 5) is 25.5. The lowest BCUT2D eigenvalue weighted by Gasteiger charge is -2.16. The minimum Gasteiger partial charge on any atom is -0.484 e. The van der Waals surface area contributed by atoms with Crippen molar-refractivity contribution in [2.45, 2.75) is 25.9 Å². The monoisotopic (exact) mass is 382 g/mol. The number of anilines is 1. The van der Waals surface area contributed by atoms with Crippen LogP contribution in [0.5, 0.6) is 5.75 Å². The van der Waals surface area contributed by atoms with Crippen molar-refractivity contribution in [3.05, 3.63) is 60.2 Å². The highest BCUT2D eigenvalue weighted by molar-refractivity contribution is 5.95. The van der Waals surface area contributed by atoms with Crippen LogP contribution in [-0.2, 0) is 20.9 Å². The molecule has 1 aliphatic rings. The van der Waals surface area contributed by atoms with Crippen LogP contribution in [-0.4, -0.2) is 38.1 Å². The van der Waals surface area contributed by atoms with Crippen LogP contribution in [0.15, 0.2) is 54.6 Å². The molecule has 3 rings (SSSR count). The van der Waals surface area contributed by atoms with Gasteiger partial charge in [0.25, 0.3) is 5.91 Å². The van der Waals surface area contributed by atoms with Crippen molar-refractivity contribution in [1.29, 1.82) is 0 Å². The quantitative estimate of drug-likeness (QED) is 0.642. The first-order valence-electron chi connectivity index (χ1n) is 9.64. The number of carbonyl (C=O) groups is 2. The molecule has 0 atom stereocenters. The molecule has 0 spiro atoms. The van der Waals surface area contributed by atoms with Crippen LogP contribution in [0.25, 0.3) is 0 Å². The SMILES string of the molecule is O=C(COc1cccc(N2CCCC2=O)c1)NCCCOCc1ccccc1. The number of rotatable bonds is 10. The summed E-state index contributed by atoms with van der Waals surface area (Å²) >= 11 is 0. The van der Waals surface area contributed by atoms with Crippen molar-refractivity contribution in [2.24, 2.45) is 0 Å². The second-order valence-corrected chi connectivity index (χ2v) is 6.68. The lowest BCUT2D eigenvalue weighted by atomic mass is 10.2. The minimum atomic E-state index is -0.175. The average molecular weight is 382 g/mol. The molecule has 0 unspecified atom stereocenters. The van der Waals surface area contributed by atoms with Crippen molar-refractivity contribution in [3.63, 3.8) is 0 Å². The van der Waals surface area contributed by atoms with E-state index in [2.05, 4.69) is 5.32 Å². The summed E-state index contributed by atoms with van der Waals surface area (Å²) in [5.74, 6) is 0.536. The van der Waals surface area contributed by atoms with Crippen LogP contribution in [0.2, 0.25) is 0 Å². The molecular weight excluding hydrogens is 356 g/mol. The van der Waals surface area contributed by atoms with Crippen molar-refractivity contribution < 1.29 is 19.1 Å². The molecule has 2 amide bonds. The first kappa shape index (κ1) is 19.9. The Labute approximate surface area is 165 Å². The number of nitrogens with one attached hydrogen (secondary N) is 1. The Balaban J connectivity index is 1.30. The first-order valence-corrected chi connectivity index (χ1v) is 9.64. The van der Waals surface area contributed by atoms with E-state index in [9.17, 15) is 9.59 Å². The molecule has 0 saturated carbocycles. The van der Waals surface area contributed by atoms with Crippen LogP contribution < -0.4 is 15.0 Å². The maximum absolute atomic E-state index is 11.9. The molecule has 1 N–H and O–H groups in total. The molecule has 1 fully saturated rings. The number of ether oxygens (including phenoxy) is 2.